The van der Waals surface area contributed by atoms with E-state index in [1.165, 1.54) is 12.8 Å². The fourth-order valence-corrected chi connectivity index (χ4v) is 8.79. The average molecular weight is 686 g/mol. The maximum absolute atomic E-state index is 14.2. The van der Waals surface area contributed by atoms with Crippen molar-refractivity contribution in [1.82, 2.24) is 34.3 Å². The van der Waals surface area contributed by atoms with Crippen molar-refractivity contribution < 1.29 is 19.4 Å². The Morgan fingerprint density at radius 3 is 2.71 bits per heavy atom. The number of carbonyl (C=O) groups excluding carboxylic acids is 1. The number of ether oxygens (including phenoxy) is 1. The molecule has 4 aromatic heterocycles. The van der Waals surface area contributed by atoms with Crippen molar-refractivity contribution in [2.75, 3.05) is 31.6 Å². The molecular formula is C38H39N9O4. The number of hydrogen-bond acceptors (Lipinski definition) is 8. The number of fused-ring (bicyclic) bond motifs is 4. The number of carbonyl (C=O) groups is 2. The fourth-order valence-electron chi connectivity index (χ4n) is 8.79. The van der Waals surface area contributed by atoms with Gasteiger partial charge in [0.05, 0.1) is 47.9 Å². The summed E-state index contributed by atoms with van der Waals surface area (Å²) in [6, 6.07) is 13.6. The number of piperidine rings is 1. The third-order valence-electron chi connectivity index (χ3n) is 11.4. The third-order valence-corrected chi connectivity index (χ3v) is 11.4. The number of pyridine rings is 2. The molecule has 0 spiro atoms. The van der Waals surface area contributed by atoms with Crippen molar-refractivity contribution in [2.45, 2.75) is 57.3 Å². The van der Waals surface area contributed by atoms with Crippen LogP contribution in [0, 0.1) is 29.1 Å². The zero-order valence-corrected chi connectivity index (χ0v) is 28.4. The Hall–Kier alpha value is -5.64. The first-order valence-corrected chi connectivity index (χ1v) is 17.8. The van der Waals surface area contributed by atoms with Gasteiger partial charge in [-0.25, -0.2) is 14.8 Å². The predicted octanol–water partition coefficient (Wildman–Crippen LogP) is 5.14. The summed E-state index contributed by atoms with van der Waals surface area (Å²) < 4.78 is 10.6. The highest BCUT2D eigenvalue weighted by atomic mass is 16.5. The molecule has 260 valence electrons. The molecule has 4 atom stereocenters. The van der Waals surface area contributed by atoms with Gasteiger partial charge >= 0.3 is 6.09 Å². The van der Waals surface area contributed by atoms with Crippen molar-refractivity contribution in [3.8, 4) is 23.3 Å². The van der Waals surface area contributed by atoms with Crippen molar-refractivity contribution in [2.24, 2.45) is 17.8 Å². The number of nitrogens with one attached hydrogen (secondary N) is 1. The molecule has 2 N–H and O–H groups in total. The normalized spacial score (nSPS) is 22.6. The molecule has 6 heterocycles. The Labute approximate surface area is 294 Å². The Kier molecular flexibility index (Phi) is 7.56. The highest BCUT2D eigenvalue weighted by Crippen LogP contribution is 2.41. The molecule has 13 heteroatoms. The van der Waals surface area contributed by atoms with Gasteiger partial charge < -0.3 is 34.1 Å². The van der Waals surface area contributed by atoms with Gasteiger partial charge in [-0.05, 0) is 86.3 Å². The second-order valence-electron chi connectivity index (χ2n) is 14.6. The third kappa shape index (κ3) is 5.49. The van der Waals surface area contributed by atoms with E-state index < -0.39 is 6.09 Å². The molecule has 4 aliphatic rings. The van der Waals surface area contributed by atoms with Crippen LogP contribution in [0.4, 0.5) is 10.5 Å². The quantitative estimate of drug-likeness (QED) is 0.215. The average Bonchev–Trinajstić information content (AvgIpc) is 3.48. The second-order valence-corrected chi connectivity index (χ2v) is 14.6. The predicted molar refractivity (Wildman–Crippen MR) is 190 cm³/mol. The lowest BCUT2D eigenvalue weighted by Crippen LogP contribution is -2.45. The first-order valence-electron chi connectivity index (χ1n) is 17.8. The van der Waals surface area contributed by atoms with Gasteiger partial charge in [-0.3, -0.25) is 9.78 Å². The highest BCUT2D eigenvalue weighted by molar-refractivity contribution is 6.00. The number of methoxy groups -OCH3 is 1. The summed E-state index contributed by atoms with van der Waals surface area (Å²) in [7, 11) is 1.63. The summed E-state index contributed by atoms with van der Waals surface area (Å²) >= 11 is 0. The minimum absolute atomic E-state index is 0.109. The van der Waals surface area contributed by atoms with Gasteiger partial charge in [0.25, 0.3) is 5.91 Å². The van der Waals surface area contributed by atoms with Gasteiger partial charge in [0, 0.05) is 56.1 Å². The summed E-state index contributed by atoms with van der Waals surface area (Å²) in [6.07, 6.45) is 9.20. The molecule has 9 rings (SSSR count). The van der Waals surface area contributed by atoms with E-state index in [9.17, 15) is 20.0 Å². The molecule has 51 heavy (non-hydrogen) atoms. The van der Waals surface area contributed by atoms with Crippen LogP contribution in [0.25, 0.3) is 33.6 Å². The Morgan fingerprint density at radius 2 is 1.90 bits per heavy atom. The standard InChI is InChI=1S/C38H39N9O4/c1-51-32-14-27(37(48)46-21-26-6-7-30(46)33(26)43-38(49)50)12-29-34(32)47(20-23-8-10-44(18-23)28-11-24(15-39)16-40-17-28)36(42-29)31-13-25-3-2-9-41-35(25)45(31)19-22-4-5-22/h2-3,9,11-14,16-17,22-23,26,30,33,43H,4-8,10,18-21H2,1H3,(H,49,50)/t23-,26+,30+,33+/m0/s1. The minimum atomic E-state index is -1.06. The molecule has 2 amide bonds. The van der Waals surface area contributed by atoms with E-state index in [-0.39, 0.29) is 29.8 Å². The second kappa shape index (κ2) is 12.3. The van der Waals surface area contributed by atoms with E-state index in [2.05, 4.69) is 42.5 Å². The van der Waals surface area contributed by atoms with Crippen LogP contribution in [0.3, 0.4) is 0 Å². The molecule has 13 nitrogen and oxygen atoms in total. The molecular weight excluding hydrogens is 646 g/mol. The largest absolute Gasteiger partial charge is 0.494 e. The molecule has 4 fully saturated rings. The van der Waals surface area contributed by atoms with Crippen LogP contribution < -0.4 is 15.0 Å². The SMILES string of the molecule is COc1cc(C(=O)N2C[C@H]3CC[C@@H]2[C@@H]3NC(=O)O)cc2nc(-c3cc4cccnc4n3CC3CC3)n(C[C@H]3CCN(c4cncc(C#N)c4)C3)c12. The van der Waals surface area contributed by atoms with Crippen molar-refractivity contribution in [3.63, 3.8) is 0 Å². The molecule has 2 saturated carbocycles. The number of amides is 2. The lowest BCUT2D eigenvalue weighted by atomic mass is 10.1. The molecule has 2 aliphatic heterocycles. The molecule has 0 radical (unpaired) electrons. The zero-order valence-electron chi connectivity index (χ0n) is 28.4. The van der Waals surface area contributed by atoms with Crippen LogP contribution in [0.15, 0.2) is 55.0 Å². The highest BCUT2D eigenvalue weighted by Gasteiger charge is 2.49. The van der Waals surface area contributed by atoms with Crippen molar-refractivity contribution in [3.05, 3.63) is 66.1 Å². The number of hydrogen-bond donors (Lipinski definition) is 2. The van der Waals surface area contributed by atoms with E-state index in [4.69, 9.17) is 14.7 Å². The first kappa shape index (κ1) is 31.3. The van der Waals surface area contributed by atoms with Gasteiger partial charge in [-0.2, -0.15) is 5.26 Å². The number of likely N-dealkylation sites (tertiary alicyclic amines) is 1. The molecule has 2 bridgehead atoms. The van der Waals surface area contributed by atoms with Crippen LogP contribution in [-0.2, 0) is 13.1 Å². The number of anilines is 1. The lowest BCUT2D eigenvalue weighted by Gasteiger charge is -2.27. The van der Waals surface area contributed by atoms with E-state index in [0.717, 1.165) is 72.7 Å². The topological polar surface area (TPSA) is 154 Å². The number of nitrogens with zero attached hydrogens (tertiary/aromatic N) is 8. The van der Waals surface area contributed by atoms with Crippen LogP contribution in [0.2, 0.25) is 0 Å². The first-order chi connectivity index (χ1) is 24.9. The summed E-state index contributed by atoms with van der Waals surface area (Å²) in [5, 5.41) is 22.6. The van der Waals surface area contributed by atoms with Gasteiger partial charge in [0.2, 0.25) is 0 Å². The summed E-state index contributed by atoms with van der Waals surface area (Å²) in [5.41, 5.74) is 5.40. The van der Waals surface area contributed by atoms with Gasteiger partial charge in [-0.15, -0.1) is 0 Å². The number of aromatic nitrogens is 5. The Balaban J connectivity index is 1.13. The summed E-state index contributed by atoms with van der Waals surface area (Å²) in [5.74, 6) is 2.23. The van der Waals surface area contributed by atoms with E-state index in [1.54, 1.807) is 13.3 Å². The molecule has 2 saturated heterocycles. The maximum atomic E-state index is 14.2. The Morgan fingerprint density at radius 1 is 1.04 bits per heavy atom. The molecule has 5 aromatic rings. The van der Waals surface area contributed by atoms with Gasteiger partial charge in [0.1, 0.15) is 23.0 Å². The number of carboxylic acid groups (broad SMARTS) is 1. The molecule has 1 aromatic carbocycles. The van der Waals surface area contributed by atoms with Crippen LogP contribution in [0.5, 0.6) is 5.75 Å². The molecule has 0 unspecified atom stereocenters. The van der Waals surface area contributed by atoms with Crippen LogP contribution in [0.1, 0.15) is 48.0 Å². The molecule has 2 aliphatic carbocycles. The summed E-state index contributed by atoms with van der Waals surface area (Å²) in [4.78, 5) is 44.2. The number of imidazole rings is 1. The summed E-state index contributed by atoms with van der Waals surface area (Å²) in [6.45, 7) is 3.70. The van der Waals surface area contributed by atoms with Crippen LogP contribution >= 0.6 is 0 Å². The Bertz CT molecular complexity index is 2230. The van der Waals surface area contributed by atoms with E-state index in [1.807, 2.05) is 41.6 Å². The van der Waals surface area contributed by atoms with Gasteiger partial charge in [-0.1, -0.05) is 0 Å². The monoisotopic (exact) mass is 685 g/mol. The van der Waals surface area contributed by atoms with Gasteiger partial charge in [0.15, 0.2) is 5.82 Å². The number of nitriles is 1. The number of rotatable bonds is 9. The lowest BCUT2D eigenvalue weighted by molar-refractivity contribution is 0.0697. The zero-order chi connectivity index (χ0) is 34.8. The minimum Gasteiger partial charge on any atom is -0.494 e. The fraction of sp³-hybridized carbons (Fsp3) is 0.421. The number of benzene rings is 1. The van der Waals surface area contributed by atoms with E-state index in [0.29, 0.717) is 41.4 Å². The van der Waals surface area contributed by atoms with Crippen molar-refractivity contribution in [1.29, 1.82) is 5.26 Å². The smallest absolute Gasteiger partial charge is 0.404 e. The maximum Gasteiger partial charge on any atom is 0.404 e. The van der Waals surface area contributed by atoms with Crippen molar-refractivity contribution >= 4 is 39.8 Å². The van der Waals surface area contributed by atoms with Crippen LogP contribution in [-0.4, -0.2) is 84.9 Å². The van der Waals surface area contributed by atoms with E-state index >= 15 is 0 Å².